The van der Waals surface area contributed by atoms with Crippen LogP contribution >= 0.6 is 0 Å². The summed E-state index contributed by atoms with van der Waals surface area (Å²) in [4.78, 5) is 36.1. The van der Waals surface area contributed by atoms with Crippen molar-refractivity contribution in [3.05, 3.63) is 29.8 Å². The van der Waals surface area contributed by atoms with Gasteiger partial charge in [0.2, 0.25) is 5.91 Å². The van der Waals surface area contributed by atoms with Crippen LogP contribution in [0.2, 0.25) is 0 Å². The maximum absolute atomic E-state index is 12.5. The molecule has 6 heteroatoms. The van der Waals surface area contributed by atoms with Gasteiger partial charge in [0.05, 0.1) is 7.11 Å². The molecule has 0 saturated heterocycles. The molecule has 2 rings (SSSR count). The lowest BCUT2D eigenvalue weighted by Gasteiger charge is -2.51. The number of nitrogen functional groups attached to an aromatic ring is 1. The quantitative estimate of drug-likeness (QED) is 0.573. The Labute approximate surface area is 154 Å². The molecule has 6 nitrogen and oxygen atoms in total. The highest BCUT2D eigenvalue weighted by Gasteiger charge is 2.50. The van der Waals surface area contributed by atoms with Crippen LogP contribution in [0.1, 0.15) is 39.2 Å². The number of rotatable bonds is 7. The van der Waals surface area contributed by atoms with Gasteiger partial charge in [-0.25, -0.2) is 4.79 Å². The van der Waals surface area contributed by atoms with E-state index in [9.17, 15) is 14.4 Å². The van der Waals surface area contributed by atoms with Crippen molar-refractivity contribution >= 4 is 23.3 Å². The summed E-state index contributed by atoms with van der Waals surface area (Å²) in [5.74, 6) is -0.374. The topological polar surface area (TPSA) is 98.5 Å². The van der Waals surface area contributed by atoms with E-state index in [0.717, 1.165) is 12.0 Å². The number of Topliss-reactive ketones (excluding diaryl/α,β-unsaturated/α-hetero) is 1. The second-order valence-electron chi connectivity index (χ2n) is 7.71. The Balaban J connectivity index is 1.98. The monoisotopic (exact) mass is 360 g/mol. The molecule has 1 aliphatic rings. The molecule has 3 N–H and O–H groups in total. The van der Waals surface area contributed by atoms with Crippen molar-refractivity contribution in [3.63, 3.8) is 0 Å². The molecule has 0 radical (unpaired) electrons. The Kier molecular flexibility index (Phi) is 6.05. The highest BCUT2D eigenvalue weighted by Crippen LogP contribution is 2.53. The fraction of sp³-hybridized carbons (Fsp3) is 0.550. The molecule has 1 aliphatic carbocycles. The Morgan fingerprint density at radius 1 is 1.27 bits per heavy atom. The number of carbonyl (C=O) groups excluding carboxylic acids is 3. The van der Waals surface area contributed by atoms with E-state index in [1.807, 2.05) is 26.0 Å². The molecule has 0 bridgehead atoms. The number of hydrogen-bond acceptors (Lipinski definition) is 5. The van der Waals surface area contributed by atoms with Gasteiger partial charge in [0.25, 0.3) is 0 Å². The minimum absolute atomic E-state index is 0.00600. The first-order valence-corrected chi connectivity index (χ1v) is 8.87. The van der Waals surface area contributed by atoms with E-state index >= 15 is 0 Å². The van der Waals surface area contributed by atoms with Gasteiger partial charge in [0.1, 0.15) is 11.8 Å². The molecule has 0 spiro atoms. The number of amides is 1. The summed E-state index contributed by atoms with van der Waals surface area (Å²) >= 11 is 0. The maximum atomic E-state index is 12.5. The molecule has 1 fully saturated rings. The van der Waals surface area contributed by atoms with E-state index in [1.54, 1.807) is 19.1 Å². The number of carbonyl (C=O) groups is 3. The van der Waals surface area contributed by atoms with Crippen LogP contribution < -0.4 is 11.1 Å². The standard InChI is InChI=1S/C20H28N2O4/c1-12(23)16-10-14(20(16,2)3)11-18(24)22-17(19(25)26-4)9-13-5-7-15(21)8-6-13/h5-8,14,16-17H,9-11,21H2,1-4H3,(H,22,24)/t14-,16+,17+/m1/s1. The first-order chi connectivity index (χ1) is 12.1. The van der Waals surface area contributed by atoms with E-state index in [4.69, 9.17) is 10.5 Å². The number of methoxy groups -OCH3 is 1. The summed E-state index contributed by atoms with van der Waals surface area (Å²) in [6.45, 7) is 5.64. The van der Waals surface area contributed by atoms with Crippen molar-refractivity contribution in [3.8, 4) is 0 Å². The van der Waals surface area contributed by atoms with Crippen molar-refractivity contribution in [1.29, 1.82) is 0 Å². The molecule has 142 valence electrons. The third-order valence-electron chi connectivity index (χ3n) is 5.63. The molecule has 1 saturated carbocycles. The molecule has 1 aromatic carbocycles. The normalized spacial score (nSPS) is 22.0. The molecule has 0 aromatic heterocycles. The largest absolute Gasteiger partial charge is 0.467 e. The van der Waals surface area contributed by atoms with Gasteiger partial charge in [0.15, 0.2) is 0 Å². The third kappa shape index (κ3) is 4.42. The van der Waals surface area contributed by atoms with Gasteiger partial charge in [-0.05, 0) is 42.4 Å². The van der Waals surface area contributed by atoms with Gasteiger partial charge in [-0.3, -0.25) is 9.59 Å². The van der Waals surface area contributed by atoms with Crippen LogP contribution in [0, 0.1) is 17.3 Å². The fourth-order valence-corrected chi connectivity index (χ4v) is 3.75. The zero-order valence-corrected chi connectivity index (χ0v) is 15.9. The molecular weight excluding hydrogens is 332 g/mol. The second-order valence-corrected chi connectivity index (χ2v) is 7.71. The number of nitrogens with one attached hydrogen (secondary N) is 1. The van der Waals surface area contributed by atoms with Crippen molar-refractivity contribution < 1.29 is 19.1 Å². The number of anilines is 1. The number of ether oxygens (including phenoxy) is 1. The Bertz CT molecular complexity index is 682. The summed E-state index contributed by atoms with van der Waals surface area (Å²) in [6, 6.07) is 6.41. The zero-order chi connectivity index (χ0) is 19.5. The van der Waals surface area contributed by atoms with Gasteiger partial charge >= 0.3 is 5.97 Å². The number of esters is 1. The highest BCUT2D eigenvalue weighted by atomic mass is 16.5. The Hall–Kier alpha value is -2.37. The first kappa shape index (κ1) is 19.9. The van der Waals surface area contributed by atoms with Crippen LogP contribution in [0.3, 0.4) is 0 Å². The third-order valence-corrected chi connectivity index (χ3v) is 5.63. The van der Waals surface area contributed by atoms with Gasteiger partial charge < -0.3 is 15.8 Å². The SMILES string of the molecule is COC(=O)[C@H](Cc1ccc(N)cc1)NC(=O)C[C@H]1C[C@@H](C(C)=O)C1(C)C. The summed E-state index contributed by atoms with van der Waals surface area (Å²) in [7, 11) is 1.30. The average molecular weight is 360 g/mol. The zero-order valence-electron chi connectivity index (χ0n) is 15.9. The van der Waals surface area contributed by atoms with Gasteiger partial charge in [-0.1, -0.05) is 26.0 Å². The molecule has 3 atom stereocenters. The smallest absolute Gasteiger partial charge is 0.328 e. The lowest BCUT2D eigenvalue weighted by molar-refractivity contribution is -0.146. The predicted octanol–water partition coefficient (Wildman–Crippen LogP) is 2.11. The van der Waals surface area contributed by atoms with Crippen LogP contribution in [-0.4, -0.2) is 30.8 Å². The molecule has 0 aliphatic heterocycles. The van der Waals surface area contributed by atoms with Gasteiger partial charge in [0, 0.05) is 24.4 Å². The van der Waals surface area contributed by atoms with Crippen LogP contribution in [-0.2, 0) is 25.5 Å². The average Bonchev–Trinajstić information content (AvgIpc) is 2.58. The van der Waals surface area contributed by atoms with Crippen molar-refractivity contribution in [1.82, 2.24) is 5.32 Å². The van der Waals surface area contributed by atoms with E-state index in [-0.39, 0.29) is 28.9 Å². The van der Waals surface area contributed by atoms with Crippen LogP contribution in [0.15, 0.2) is 24.3 Å². The molecule has 26 heavy (non-hydrogen) atoms. The number of nitrogens with two attached hydrogens (primary N) is 1. The van der Waals surface area contributed by atoms with E-state index < -0.39 is 12.0 Å². The number of hydrogen-bond donors (Lipinski definition) is 2. The minimum Gasteiger partial charge on any atom is -0.467 e. The van der Waals surface area contributed by atoms with Crippen molar-refractivity contribution in [2.45, 2.75) is 46.1 Å². The van der Waals surface area contributed by atoms with Crippen molar-refractivity contribution in [2.24, 2.45) is 17.3 Å². The molecule has 1 amide bonds. The molecule has 0 unspecified atom stereocenters. The predicted molar refractivity (Wildman–Crippen MR) is 99.2 cm³/mol. The van der Waals surface area contributed by atoms with Gasteiger partial charge in [-0.2, -0.15) is 0 Å². The van der Waals surface area contributed by atoms with Crippen LogP contribution in [0.25, 0.3) is 0 Å². The molecule has 1 aromatic rings. The summed E-state index contributed by atoms with van der Waals surface area (Å²) < 4.78 is 4.82. The van der Waals surface area contributed by atoms with Crippen LogP contribution in [0.5, 0.6) is 0 Å². The highest BCUT2D eigenvalue weighted by molar-refractivity contribution is 5.85. The lowest BCUT2D eigenvalue weighted by atomic mass is 9.52. The molecule has 0 heterocycles. The van der Waals surface area contributed by atoms with E-state index in [1.165, 1.54) is 7.11 Å². The number of ketones is 1. The van der Waals surface area contributed by atoms with E-state index in [2.05, 4.69) is 5.32 Å². The van der Waals surface area contributed by atoms with E-state index in [0.29, 0.717) is 18.5 Å². The fourth-order valence-electron chi connectivity index (χ4n) is 3.75. The van der Waals surface area contributed by atoms with Crippen LogP contribution in [0.4, 0.5) is 5.69 Å². The second kappa shape index (κ2) is 7.89. The minimum atomic E-state index is -0.747. The van der Waals surface area contributed by atoms with Gasteiger partial charge in [-0.15, -0.1) is 0 Å². The summed E-state index contributed by atoms with van der Waals surface area (Å²) in [5, 5.41) is 2.78. The Morgan fingerprint density at radius 2 is 1.88 bits per heavy atom. The maximum Gasteiger partial charge on any atom is 0.328 e. The Morgan fingerprint density at radius 3 is 2.38 bits per heavy atom. The van der Waals surface area contributed by atoms with Crippen molar-refractivity contribution in [2.75, 3.05) is 12.8 Å². The number of benzene rings is 1. The first-order valence-electron chi connectivity index (χ1n) is 8.87. The lowest BCUT2D eigenvalue weighted by Crippen LogP contribution is -2.51. The summed E-state index contributed by atoms with van der Waals surface area (Å²) in [5.41, 5.74) is 7.00. The molecular formula is C20H28N2O4. The summed E-state index contributed by atoms with van der Waals surface area (Å²) in [6.07, 6.45) is 1.35.